The summed E-state index contributed by atoms with van der Waals surface area (Å²) in [5.41, 5.74) is 2.23. The van der Waals surface area contributed by atoms with Crippen LogP contribution in [0.4, 0.5) is 5.69 Å². The van der Waals surface area contributed by atoms with Gasteiger partial charge >= 0.3 is 0 Å². The van der Waals surface area contributed by atoms with Gasteiger partial charge in [-0.3, -0.25) is 0 Å². The van der Waals surface area contributed by atoms with Crippen molar-refractivity contribution in [1.82, 2.24) is 0 Å². The molecule has 118 valence electrons. The number of hydrogen-bond donors (Lipinski definition) is 1. The Morgan fingerprint density at radius 1 is 1.00 bits per heavy atom. The zero-order chi connectivity index (χ0) is 15.6. The average molecular weight is 318 g/mol. The topological polar surface area (TPSA) is 21.3 Å². The molecule has 0 bridgehead atoms. The van der Waals surface area contributed by atoms with Gasteiger partial charge in [0.25, 0.3) is 0 Å². The van der Waals surface area contributed by atoms with Crippen molar-refractivity contribution in [2.45, 2.75) is 39.2 Å². The van der Waals surface area contributed by atoms with Gasteiger partial charge in [0.05, 0.1) is 6.61 Å². The van der Waals surface area contributed by atoms with Crippen LogP contribution in [0.15, 0.2) is 48.5 Å². The zero-order valence-electron chi connectivity index (χ0n) is 13.1. The third kappa shape index (κ3) is 5.98. The van der Waals surface area contributed by atoms with Crippen LogP contribution in [0.2, 0.25) is 5.02 Å². The van der Waals surface area contributed by atoms with Gasteiger partial charge in [0.2, 0.25) is 0 Å². The third-order valence-corrected chi connectivity index (χ3v) is 3.72. The van der Waals surface area contributed by atoms with Crippen molar-refractivity contribution in [2.24, 2.45) is 0 Å². The van der Waals surface area contributed by atoms with Gasteiger partial charge < -0.3 is 10.1 Å². The van der Waals surface area contributed by atoms with Crippen molar-refractivity contribution in [2.75, 3.05) is 11.9 Å². The first kappa shape index (κ1) is 16.7. The van der Waals surface area contributed by atoms with Gasteiger partial charge in [-0.1, -0.05) is 56.0 Å². The minimum Gasteiger partial charge on any atom is -0.494 e. The molecule has 0 unspecified atom stereocenters. The summed E-state index contributed by atoms with van der Waals surface area (Å²) in [5.74, 6) is 0.924. The highest BCUT2D eigenvalue weighted by atomic mass is 35.5. The molecule has 0 radical (unpaired) electrons. The molecule has 0 saturated heterocycles. The van der Waals surface area contributed by atoms with Crippen LogP contribution in [0.3, 0.4) is 0 Å². The first-order valence-corrected chi connectivity index (χ1v) is 8.37. The highest BCUT2D eigenvalue weighted by molar-refractivity contribution is 6.30. The summed E-state index contributed by atoms with van der Waals surface area (Å²) in [7, 11) is 0. The largest absolute Gasteiger partial charge is 0.494 e. The van der Waals surface area contributed by atoms with Crippen LogP contribution < -0.4 is 10.1 Å². The summed E-state index contributed by atoms with van der Waals surface area (Å²) in [5, 5.41) is 4.17. The summed E-state index contributed by atoms with van der Waals surface area (Å²) in [6.45, 7) is 3.76. The van der Waals surface area contributed by atoms with Crippen molar-refractivity contribution in [1.29, 1.82) is 0 Å². The van der Waals surface area contributed by atoms with Crippen molar-refractivity contribution in [3.8, 4) is 5.75 Å². The fraction of sp³-hybridized carbons (Fsp3) is 0.368. The van der Waals surface area contributed by atoms with Crippen LogP contribution >= 0.6 is 11.6 Å². The van der Waals surface area contributed by atoms with E-state index in [1.165, 1.54) is 24.8 Å². The molecule has 2 nitrogen and oxygen atoms in total. The molecular weight excluding hydrogens is 294 g/mol. The van der Waals surface area contributed by atoms with E-state index in [1.807, 2.05) is 36.4 Å². The molecule has 1 N–H and O–H groups in total. The number of rotatable bonds is 9. The molecule has 0 amide bonds. The average Bonchev–Trinajstić information content (AvgIpc) is 2.53. The second kappa shape index (κ2) is 9.37. The molecule has 0 aliphatic heterocycles. The van der Waals surface area contributed by atoms with Crippen molar-refractivity contribution >= 4 is 17.3 Å². The van der Waals surface area contributed by atoms with Crippen LogP contribution in [0.25, 0.3) is 0 Å². The van der Waals surface area contributed by atoms with E-state index in [9.17, 15) is 0 Å². The molecule has 0 spiro atoms. The molecule has 0 aliphatic carbocycles. The Balaban J connectivity index is 1.80. The SMILES string of the molecule is CCCCCCOc1cccc(NCc2cccc(Cl)c2)c1. The maximum atomic E-state index is 6.00. The fourth-order valence-corrected chi connectivity index (χ4v) is 2.48. The zero-order valence-corrected chi connectivity index (χ0v) is 13.9. The molecular formula is C19H24ClNO. The van der Waals surface area contributed by atoms with E-state index in [2.05, 4.69) is 24.4 Å². The third-order valence-electron chi connectivity index (χ3n) is 3.49. The molecule has 0 aromatic heterocycles. The second-order valence-electron chi connectivity index (χ2n) is 5.42. The summed E-state index contributed by atoms with van der Waals surface area (Å²) in [4.78, 5) is 0. The number of unbranched alkanes of at least 4 members (excludes halogenated alkanes) is 3. The molecule has 0 heterocycles. The first-order chi connectivity index (χ1) is 10.8. The number of hydrogen-bond acceptors (Lipinski definition) is 2. The highest BCUT2D eigenvalue weighted by Gasteiger charge is 1.99. The lowest BCUT2D eigenvalue weighted by molar-refractivity contribution is 0.305. The summed E-state index contributed by atoms with van der Waals surface area (Å²) in [6.07, 6.45) is 4.89. The molecule has 3 heteroatoms. The summed E-state index contributed by atoms with van der Waals surface area (Å²) < 4.78 is 5.80. The number of halogens is 1. The molecule has 2 rings (SSSR count). The van der Waals surface area contributed by atoms with Crippen molar-refractivity contribution in [3.63, 3.8) is 0 Å². The lowest BCUT2D eigenvalue weighted by atomic mass is 10.2. The number of benzene rings is 2. The van der Waals surface area contributed by atoms with Crippen LogP contribution in [0, 0.1) is 0 Å². The monoisotopic (exact) mass is 317 g/mol. The van der Waals surface area contributed by atoms with Crippen molar-refractivity contribution < 1.29 is 4.74 Å². The minimum atomic E-state index is 0.751. The van der Waals surface area contributed by atoms with E-state index >= 15 is 0 Å². The molecule has 0 saturated carbocycles. The van der Waals surface area contributed by atoms with Crippen LogP contribution in [-0.4, -0.2) is 6.61 Å². The summed E-state index contributed by atoms with van der Waals surface area (Å²) >= 11 is 6.00. The van der Waals surface area contributed by atoms with Gasteiger partial charge in [-0.15, -0.1) is 0 Å². The summed E-state index contributed by atoms with van der Waals surface area (Å²) in [6, 6.07) is 16.0. The predicted molar refractivity (Wildman–Crippen MR) is 94.9 cm³/mol. The molecule has 2 aromatic carbocycles. The second-order valence-corrected chi connectivity index (χ2v) is 5.86. The smallest absolute Gasteiger partial charge is 0.121 e. The van der Waals surface area contributed by atoms with Gasteiger partial charge in [0.1, 0.15) is 5.75 Å². The van der Waals surface area contributed by atoms with E-state index in [1.54, 1.807) is 0 Å². The minimum absolute atomic E-state index is 0.751. The van der Waals surface area contributed by atoms with Gasteiger partial charge in [-0.25, -0.2) is 0 Å². The van der Waals surface area contributed by atoms with E-state index in [0.717, 1.165) is 36.0 Å². The van der Waals surface area contributed by atoms with Crippen molar-refractivity contribution in [3.05, 3.63) is 59.1 Å². The van der Waals surface area contributed by atoms with E-state index in [-0.39, 0.29) is 0 Å². The molecule has 22 heavy (non-hydrogen) atoms. The highest BCUT2D eigenvalue weighted by Crippen LogP contribution is 2.19. The van der Waals surface area contributed by atoms with Crippen LogP contribution in [0.5, 0.6) is 5.75 Å². The van der Waals surface area contributed by atoms with E-state index in [0.29, 0.717) is 0 Å². The van der Waals surface area contributed by atoms with E-state index < -0.39 is 0 Å². The Labute approximate surface area is 138 Å². The Hall–Kier alpha value is -1.67. The van der Waals surface area contributed by atoms with Gasteiger partial charge in [-0.2, -0.15) is 0 Å². The predicted octanol–water partition coefficient (Wildman–Crippen LogP) is 5.91. The Bertz CT molecular complexity index is 571. The maximum absolute atomic E-state index is 6.00. The Kier molecular flexibility index (Phi) is 7.11. The number of anilines is 1. The maximum Gasteiger partial charge on any atom is 0.121 e. The lowest BCUT2D eigenvalue weighted by Gasteiger charge is -2.10. The lowest BCUT2D eigenvalue weighted by Crippen LogP contribution is -2.01. The van der Waals surface area contributed by atoms with Crippen LogP contribution in [-0.2, 0) is 6.54 Å². The van der Waals surface area contributed by atoms with Gasteiger partial charge in [-0.05, 0) is 36.2 Å². The van der Waals surface area contributed by atoms with Gasteiger partial charge in [0.15, 0.2) is 0 Å². The quantitative estimate of drug-likeness (QED) is 0.580. The van der Waals surface area contributed by atoms with Gasteiger partial charge in [0, 0.05) is 23.3 Å². The number of ether oxygens (including phenoxy) is 1. The normalized spacial score (nSPS) is 10.5. The molecule has 2 aromatic rings. The molecule has 0 atom stereocenters. The Morgan fingerprint density at radius 3 is 2.68 bits per heavy atom. The van der Waals surface area contributed by atoms with E-state index in [4.69, 9.17) is 16.3 Å². The molecule has 0 aliphatic rings. The van der Waals surface area contributed by atoms with Crippen LogP contribution in [0.1, 0.15) is 38.2 Å². The first-order valence-electron chi connectivity index (χ1n) is 7.99. The molecule has 0 fully saturated rings. The standard InChI is InChI=1S/C19H24ClNO/c1-2-3-4-5-12-22-19-11-7-10-18(14-19)21-15-16-8-6-9-17(20)13-16/h6-11,13-14,21H,2-5,12,15H2,1H3. The fourth-order valence-electron chi connectivity index (χ4n) is 2.27. The number of nitrogens with one attached hydrogen (secondary N) is 1. The Morgan fingerprint density at radius 2 is 1.86 bits per heavy atom.